The maximum atomic E-state index is 13.4. The van der Waals surface area contributed by atoms with Crippen molar-refractivity contribution in [1.82, 2.24) is 14.8 Å². The van der Waals surface area contributed by atoms with Gasteiger partial charge in [-0.3, -0.25) is 14.5 Å². The second-order valence-corrected chi connectivity index (χ2v) is 9.70. The molecule has 2 aliphatic heterocycles. The molecular formula is C27H37N3O8. The number of aromatic nitrogens is 1. The lowest BCUT2D eigenvalue weighted by atomic mass is 9.83. The first-order valence-corrected chi connectivity index (χ1v) is 13.2. The van der Waals surface area contributed by atoms with Crippen molar-refractivity contribution < 1.29 is 38.4 Å². The highest BCUT2D eigenvalue weighted by atomic mass is 16.7. The van der Waals surface area contributed by atoms with Crippen molar-refractivity contribution in [3.8, 4) is 17.2 Å². The number of hydrogen-bond acceptors (Lipinski definition) is 9. The van der Waals surface area contributed by atoms with Crippen molar-refractivity contribution in [3.05, 3.63) is 36.0 Å². The van der Waals surface area contributed by atoms with Crippen LogP contribution in [0.3, 0.4) is 0 Å². The van der Waals surface area contributed by atoms with Crippen LogP contribution in [0.25, 0.3) is 0 Å². The summed E-state index contributed by atoms with van der Waals surface area (Å²) in [5, 5.41) is 19.7. The van der Waals surface area contributed by atoms with Gasteiger partial charge in [-0.1, -0.05) is 13.3 Å². The predicted octanol–water partition coefficient (Wildman–Crippen LogP) is 2.52. The Morgan fingerprint density at radius 2 is 2.05 bits per heavy atom. The van der Waals surface area contributed by atoms with Crippen LogP contribution in [0.2, 0.25) is 0 Å². The van der Waals surface area contributed by atoms with E-state index in [9.17, 15) is 19.8 Å². The van der Waals surface area contributed by atoms with Gasteiger partial charge in [0.25, 0.3) is 0 Å². The number of aliphatic carboxylic acids is 1. The molecule has 0 bridgehead atoms. The summed E-state index contributed by atoms with van der Waals surface area (Å²) >= 11 is 0. The van der Waals surface area contributed by atoms with Crippen molar-refractivity contribution in [2.24, 2.45) is 5.92 Å². The number of carbonyl (C=O) groups excluding carboxylic acids is 1. The van der Waals surface area contributed by atoms with Crippen molar-refractivity contribution >= 4 is 11.9 Å². The van der Waals surface area contributed by atoms with Crippen LogP contribution in [-0.2, 0) is 16.0 Å². The number of amides is 1. The zero-order valence-electron chi connectivity index (χ0n) is 22.0. The van der Waals surface area contributed by atoms with Crippen LogP contribution in [0.1, 0.15) is 50.0 Å². The SMILES string of the molecule is CCCCN(CCCO)C(=O)CN1C[C@H](c2cc(OC)c3c(c2)OCO3)C(C(=O)O)[C@@H]1CCc1ncco1. The molecule has 1 aromatic carbocycles. The van der Waals surface area contributed by atoms with E-state index in [0.29, 0.717) is 62.0 Å². The third kappa shape index (κ3) is 6.21. The number of benzene rings is 1. The maximum Gasteiger partial charge on any atom is 0.308 e. The summed E-state index contributed by atoms with van der Waals surface area (Å²) in [4.78, 5) is 34.1. The molecule has 0 spiro atoms. The van der Waals surface area contributed by atoms with Gasteiger partial charge in [-0.15, -0.1) is 0 Å². The van der Waals surface area contributed by atoms with Crippen LogP contribution in [0.15, 0.2) is 29.0 Å². The monoisotopic (exact) mass is 531 g/mol. The van der Waals surface area contributed by atoms with E-state index in [0.717, 1.165) is 18.4 Å². The van der Waals surface area contributed by atoms with Crippen LogP contribution in [0.5, 0.6) is 17.2 Å². The van der Waals surface area contributed by atoms with E-state index in [1.165, 1.54) is 13.4 Å². The molecule has 11 nitrogen and oxygen atoms in total. The van der Waals surface area contributed by atoms with E-state index in [2.05, 4.69) is 11.9 Å². The van der Waals surface area contributed by atoms with E-state index in [4.69, 9.17) is 18.6 Å². The molecular weight excluding hydrogens is 494 g/mol. The number of fused-ring (bicyclic) bond motifs is 1. The number of methoxy groups -OCH3 is 1. The highest BCUT2D eigenvalue weighted by Crippen LogP contribution is 2.47. The summed E-state index contributed by atoms with van der Waals surface area (Å²) in [5.41, 5.74) is 0.762. The van der Waals surface area contributed by atoms with Gasteiger partial charge >= 0.3 is 5.97 Å². The Kier molecular flexibility index (Phi) is 9.46. The first-order valence-electron chi connectivity index (χ1n) is 13.2. The molecule has 2 N–H and O–H groups in total. The number of oxazole rings is 1. The molecule has 38 heavy (non-hydrogen) atoms. The molecule has 11 heteroatoms. The van der Waals surface area contributed by atoms with E-state index in [1.54, 1.807) is 17.2 Å². The van der Waals surface area contributed by atoms with Crippen LogP contribution in [0, 0.1) is 5.92 Å². The average molecular weight is 532 g/mol. The number of aliphatic hydroxyl groups excluding tert-OH is 1. The third-order valence-corrected chi connectivity index (χ3v) is 7.34. The number of unbranched alkanes of at least 4 members (excludes halogenated alkanes) is 1. The predicted molar refractivity (Wildman–Crippen MR) is 136 cm³/mol. The third-order valence-electron chi connectivity index (χ3n) is 7.34. The quantitative estimate of drug-likeness (QED) is 0.374. The zero-order chi connectivity index (χ0) is 27.1. The van der Waals surface area contributed by atoms with E-state index in [-0.39, 0.29) is 25.9 Å². The molecule has 2 aromatic rings. The molecule has 1 unspecified atom stereocenters. The summed E-state index contributed by atoms with van der Waals surface area (Å²) < 4.78 is 22.0. The Balaban J connectivity index is 1.62. The van der Waals surface area contributed by atoms with Gasteiger partial charge in [0.1, 0.15) is 6.26 Å². The largest absolute Gasteiger partial charge is 0.493 e. The summed E-state index contributed by atoms with van der Waals surface area (Å²) in [6.07, 6.45) is 6.29. The maximum absolute atomic E-state index is 13.4. The lowest BCUT2D eigenvalue weighted by Crippen LogP contribution is -2.45. The number of nitrogens with zero attached hydrogens (tertiary/aromatic N) is 3. The first kappa shape index (κ1) is 27.7. The van der Waals surface area contributed by atoms with Gasteiger partial charge < -0.3 is 33.7 Å². The average Bonchev–Trinajstić information content (AvgIpc) is 3.67. The zero-order valence-corrected chi connectivity index (χ0v) is 22.0. The number of carboxylic acid groups (broad SMARTS) is 1. The molecule has 0 aliphatic carbocycles. The fourth-order valence-electron chi connectivity index (χ4n) is 5.45. The fraction of sp³-hybridized carbons (Fsp3) is 0.593. The van der Waals surface area contributed by atoms with E-state index in [1.807, 2.05) is 11.0 Å². The van der Waals surface area contributed by atoms with E-state index >= 15 is 0 Å². The van der Waals surface area contributed by atoms with Crippen molar-refractivity contribution in [3.63, 3.8) is 0 Å². The molecule has 3 atom stereocenters. The Labute approximate surface area is 222 Å². The Hall–Kier alpha value is -3.31. The second-order valence-electron chi connectivity index (χ2n) is 9.70. The number of ether oxygens (including phenoxy) is 3. The summed E-state index contributed by atoms with van der Waals surface area (Å²) in [7, 11) is 1.53. The normalized spacial score (nSPS) is 20.6. The summed E-state index contributed by atoms with van der Waals surface area (Å²) in [5.74, 6) is -0.138. The molecule has 208 valence electrons. The molecule has 1 fully saturated rings. The van der Waals surface area contributed by atoms with Crippen molar-refractivity contribution in [2.75, 3.05) is 46.7 Å². The highest BCUT2D eigenvalue weighted by Gasteiger charge is 2.47. The lowest BCUT2D eigenvalue weighted by Gasteiger charge is -2.29. The minimum atomic E-state index is -0.929. The standard InChI is InChI=1S/C27H37N3O8/c1-3-4-9-29(10-5-11-31)24(32)16-30-15-19(18-13-21(35-2)26-22(14-18)37-17-38-26)25(27(33)34)20(30)6-7-23-28-8-12-36-23/h8,12-14,19-20,25,31H,3-7,9-11,15-17H2,1-2H3,(H,33,34)/t19-,20+,25?/m1/s1. The molecule has 0 saturated carbocycles. The van der Waals surface area contributed by atoms with Gasteiger partial charge in [-0.05, 0) is 37.0 Å². The second kappa shape index (κ2) is 13.0. The van der Waals surface area contributed by atoms with Gasteiger partial charge in [0.2, 0.25) is 18.4 Å². The van der Waals surface area contributed by atoms with Gasteiger partial charge in [-0.2, -0.15) is 0 Å². The summed E-state index contributed by atoms with van der Waals surface area (Å²) in [6, 6.07) is 3.20. The molecule has 0 radical (unpaired) electrons. The van der Waals surface area contributed by atoms with Crippen LogP contribution < -0.4 is 14.2 Å². The molecule has 1 saturated heterocycles. The van der Waals surface area contributed by atoms with Gasteiger partial charge in [0.05, 0.1) is 25.8 Å². The number of hydrogen-bond donors (Lipinski definition) is 2. The van der Waals surface area contributed by atoms with Gasteiger partial charge in [0.15, 0.2) is 17.4 Å². The smallest absolute Gasteiger partial charge is 0.308 e. The number of likely N-dealkylation sites (tertiary alicyclic amines) is 1. The number of aliphatic hydroxyl groups is 1. The molecule has 4 rings (SSSR count). The lowest BCUT2D eigenvalue weighted by molar-refractivity contribution is -0.144. The van der Waals surface area contributed by atoms with Gasteiger partial charge in [0, 0.05) is 44.6 Å². The first-order chi connectivity index (χ1) is 18.5. The van der Waals surface area contributed by atoms with Gasteiger partial charge in [-0.25, -0.2) is 4.98 Å². The van der Waals surface area contributed by atoms with Crippen LogP contribution >= 0.6 is 0 Å². The number of carboxylic acids is 1. The Bertz CT molecular complexity index is 1070. The molecule has 1 amide bonds. The highest BCUT2D eigenvalue weighted by molar-refractivity contribution is 5.79. The van der Waals surface area contributed by atoms with Crippen molar-refractivity contribution in [2.45, 2.75) is 51.0 Å². The van der Waals surface area contributed by atoms with Crippen LogP contribution in [0.4, 0.5) is 0 Å². The topological polar surface area (TPSA) is 135 Å². The summed E-state index contributed by atoms with van der Waals surface area (Å²) in [6.45, 7) is 3.69. The number of carbonyl (C=O) groups is 2. The molecule has 3 heterocycles. The molecule has 1 aromatic heterocycles. The number of aryl methyl sites for hydroxylation is 1. The number of rotatable bonds is 14. The fourth-order valence-corrected chi connectivity index (χ4v) is 5.45. The van der Waals surface area contributed by atoms with Crippen LogP contribution in [-0.4, -0.2) is 89.6 Å². The van der Waals surface area contributed by atoms with Crippen molar-refractivity contribution in [1.29, 1.82) is 0 Å². The Morgan fingerprint density at radius 1 is 1.24 bits per heavy atom. The minimum absolute atomic E-state index is 0.00744. The minimum Gasteiger partial charge on any atom is -0.493 e. The molecule has 2 aliphatic rings. The van der Waals surface area contributed by atoms with E-state index < -0.39 is 23.8 Å². The Morgan fingerprint density at radius 3 is 2.74 bits per heavy atom.